The Morgan fingerprint density at radius 3 is 2.65 bits per heavy atom. The van der Waals surface area contributed by atoms with Crippen molar-refractivity contribution < 1.29 is 4.79 Å². The molecule has 1 saturated heterocycles. The summed E-state index contributed by atoms with van der Waals surface area (Å²) in [6.07, 6.45) is 2.13. The molecule has 0 saturated carbocycles. The van der Waals surface area contributed by atoms with Gasteiger partial charge in [0.25, 0.3) is 0 Å². The van der Waals surface area contributed by atoms with Gasteiger partial charge in [0, 0.05) is 19.1 Å². The highest BCUT2D eigenvalue weighted by atomic mass is 16.2. The highest BCUT2D eigenvalue weighted by Gasteiger charge is 2.24. The van der Waals surface area contributed by atoms with Crippen LogP contribution in [0.25, 0.3) is 0 Å². The zero-order chi connectivity index (χ0) is 12.8. The zero-order valence-electron chi connectivity index (χ0n) is 11.6. The molecule has 2 N–H and O–H groups in total. The van der Waals surface area contributed by atoms with Crippen LogP contribution in [0.2, 0.25) is 0 Å². The van der Waals surface area contributed by atoms with E-state index in [0.717, 1.165) is 32.5 Å². The van der Waals surface area contributed by atoms with Crippen LogP contribution in [0.1, 0.15) is 26.7 Å². The van der Waals surface area contributed by atoms with Crippen molar-refractivity contribution >= 4 is 5.91 Å². The first-order valence-corrected chi connectivity index (χ1v) is 6.66. The molecular weight excluding hydrogens is 214 g/mol. The number of carbonyl (C=O) groups excluding carboxylic acids is 1. The standard InChI is InChI=1S/C13H27N3O/c1-10(2)12(9-16(3)4)15-13(17)11-6-5-7-14-8-11/h10-12,14H,5-9H2,1-4H3,(H,15,17). The van der Waals surface area contributed by atoms with E-state index in [1.807, 2.05) is 14.1 Å². The SMILES string of the molecule is CC(C)C(CN(C)C)NC(=O)C1CCCNC1. The molecule has 1 heterocycles. The normalized spacial score (nSPS) is 22.8. The van der Waals surface area contributed by atoms with Crippen molar-refractivity contribution in [1.82, 2.24) is 15.5 Å². The summed E-state index contributed by atoms with van der Waals surface area (Å²) in [5.41, 5.74) is 0. The van der Waals surface area contributed by atoms with Gasteiger partial charge < -0.3 is 15.5 Å². The Labute approximate surface area is 105 Å². The van der Waals surface area contributed by atoms with Gasteiger partial charge in [-0.15, -0.1) is 0 Å². The Kier molecular flexibility index (Phi) is 5.92. The fraction of sp³-hybridized carbons (Fsp3) is 0.923. The number of nitrogens with zero attached hydrogens (tertiary/aromatic N) is 1. The molecule has 4 heteroatoms. The number of nitrogens with one attached hydrogen (secondary N) is 2. The van der Waals surface area contributed by atoms with Gasteiger partial charge in [0.2, 0.25) is 5.91 Å². The summed E-state index contributed by atoms with van der Waals surface area (Å²) < 4.78 is 0. The molecule has 1 aliphatic heterocycles. The fourth-order valence-corrected chi connectivity index (χ4v) is 2.19. The van der Waals surface area contributed by atoms with Gasteiger partial charge >= 0.3 is 0 Å². The Morgan fingerprint density at radius 2 is 2.18 bits per heavy atom. The smallest absolute Gasteiger partial charge is 0.224 e. The first-order chi connectivity index (χ1) is 8.00. The molecule has 1 aliphatic rings. The molecule has 4 nitrogen and oxygen atoms in total. The van der Waals surface area contributed by atoms with Crippen LogP contribution in [0.3, 0.4) is 0 Å². The largest absolute Gasteiger partial charge is 0.352 e. The lowest BCUT2D eigenvalue weighted by molar-refractivity contribution is -0.126. The number of carbonyl (C=O) groups is 1. The van der Waals surface area contributed by atoms with E-state index in [1.165, 1.54) is 0 Å². The van der Waals surface area contributed by atoms with E-state index in [4.69, 9.17) is 0 Å². The number of rotatable bonds is 5. The van der Waals surface area contributed by atoms with Gasteiger partial charge in [-0.2, -0.15) is 0 Å². The first-order valence-electron chi connectivity index (χ1n) is 6.66. The van der Waals surface area contributed by atoms with E-state index in [2.05, 4.69) is 29.4 Å². The van der Waals surface area contributed by atoms with E-state index in [0.29, 0.717) is 5.92 Å². The molecule has 17 heavy (non-hydrogen) atoms. The van der Waals surface area contributed by atoms with Crippen LogP contribution in [0.5, 0.6) is 0 Å². The van der Waals surface area contributed by atoms with Gasteiger partial charge in [-0.3, -0.25) is 4.79 Å². The van der Waals surface area contributed by atoms with Crippen LogP contribution in [-0.2, 0) is 4.79 Å². The van der Waals surface area contributed by atoms with E-state index in [1.54, 1.807) is 0 Å². The minimum absolute atomic E-state index is 0.159. The van der Waals surface area contributed by atoms with Crippen molar-refractivity contribution in [3.05, 3.63) is 0 Å². The van der Waals surface area contributed by atoms with E-state index < -0.39 is 0 Å². The topological polar surface area (TPSA) is 44.4 Å². The lowest BCUT2D eigenvalue weighted by atomic mass is 9.97. The minimum Gasteiger partial charge on any atom is -0.352 e. The van der Waals surface area contributed by atoms with Gasteiger partial charge in [-0.25, -0.2) is 0 Å². The summed E-state index contributed by atoms with van der Waals surface area (Å²) in [5, 5.41) is 6.48. The molecule has 1 rings (SSSR count). The van der Waals surface area contributed by atoms with Crippen LogP contribution in [0, 0.1) is 11.8 Å². The third-order valence-electron chi connectivity index (χ3n) is 3.36. The van der Waals surface area contributed by atoms with Crippen LogP contribution < -0.4 is 10.6 Å². The number of piperidine rings is 1. The van der Waals surface area contributed by atoms with Gasteiger partial charge in [0.1, 0.15) is 0 Å². The first kappa shape index (κ1) is 14.5. The summed E-state index contributed by atoms with van der Waals surface area (Å²) in [6, 6.07) is 0.249. The van der Waals surface area contributed by atoms with E-state index in [-0.39, 0.29) is 17.9 Å². The predicted octanol–water partition coefficient (Wildman–Crippen LogP) is 0.688. The van der Waals surface area contributed by atoms with Crippen molar-refractivity contribution in [2.75, 3.05) is 33.7 Å². The molecule has 0 spiro atoms. The molecule has 1 amide bonds. The molecule has 0 aromatic carbocycles. The van der Waals surface area contributed by atoms with Crippen molar-refractivity contribution in [3.8, 4) is 0 Å². The molecule has 0 aromatic heterocycles. The molecule has 2 atom stereocenters. The maximum Gasteiger partial charge on any atom is 0.224 e. The van der Waals surface area contributed by atoms with Crippen LogP contribution >= 0.6 is 0 Å². The second kappa shape index (κ2) is 6.97. The molecule has 1 fully saturated rings. The Hall–Kier alpha value is -0.610. The lowest BCUT2D eigenvalue weighted by Crippen LogP contribution is -2.49. The maximum absolute atomic E-state index is 12.1. The van der Waals surface area contributed by atoms with Crippen molar-refractivity contribution in [2.24, 2.45) is 11.8 Å². The van der Waals surface area contributed by atoms with Crippen molar-refractivity contribution in [3.63, 3.8) is 0 Å². The van der Waals surface area contributed by atoms with Gasteiger partial charge in [-0.1, -0.05) is 13.8 Å². The molecular formula is C13H27N3O. The van der Waals surface area contributed by atoms with Crippen molar-refractivity contribution in [1.29, 1.82) is 0 Å². The second-order valence-corrected chi connectivity index (χ2v) is 5.66. The fourth-order valence-electron chi connectivity index (χ4n) is 2.19. The highest BCUT2D eigenvalue weighted by Crippen LogP contribution is 2.11. The monoisotopic (exact) mass is 241 g/mol. The average molecular weight is 241 g/mol. The second-order valence-electron chi connectivity index (χ2n) is 5.66. The van der Waals surface area contributed by atoms with E-state index in [9.17, 15) is 4.79 Å². The number of hydrogen-bond donors (Lipinski definition) is 2. The predicted molar refractivity (Wildman–Crippen MR) is 70.9 cm³/mol. The molecule has 0 aliphatic carbocycles. The maximum atomic E-state index is 12.1. The zero-order valence-corrected chi connectivity index (χ0v) is 11.6. The van der Waals surface area contributed by atoms with E-state index >= 15 is 0 Å². The quantitative estimate of drug-likeness (QED) is 0.744. The lowest BCUT2D eigenvalue weighted by Gasteiger charge is -2.29. The Bertz CT molecular complexity index is 235. The third kappa shape index (κ3) is 5.04. The summed E-state index contributed by atoms with van der Waals surface area (Å²) in [4.78, 5) is 14.3. The van der Waals surface area contributed by atoms with Crippen LogP contribution in [-0.4, -0.2) is 50.6 Å². The van der Waals surface area contributed by atoms with Gasteiger partial charge in [0.15, 0.2) is 0 Å². The molecule has 0 bridgehead atoms. The summed E-state index contributed by atoms with van der Waals surface area (Å²) in [5.74, 6) is 0.850. The number of likely N-dealkylation sites (N-methyl/N-ethyl adjacent to an activating group) is 1. The molecule has 2 unspecified atom stereocenters. The van der Waals surface area contributed by atoms with Crippen LogP contribution in [0.15, 0.2) is 0 Å². The molecule has 100 valence electrons. The number of amides is 1. The molecule has 0 aromatic rings. The van der Waals surface area contributed by atoms with Crippen LogP contribution in [0.4, 0.5) is 0 Å². The van der Waals surface area contributed by atoms with Gasteiger partial charge in [0.05, 0.1) is 5.92 Å². The van der Waals surface area contributed by atoms with Crippen molar-refractivity contribution in [2.45, 2.75) is 32.7 Å². The molecule has 0 radical (unpaired) electrons. The average Bonchev–Trinajstić information content (AvgIpc) is 2.28. The van der Waals surface area contributed by atoms with Gasteiger partial charge in [-0.05, 0) is 39.4 Å². The number of hydrogen-bond acceptors (Lipinski definition) is 3. The third-order valence-corrected chi connectivity index (χ3v) is 3.36. The summed E-state index contributed by atoms with van der Waals surface area (Å²) in [7, 11) is 4.09. The summed E-state index contributed by atoms with van der Waals surface area (Å²) in [6.45, 7) is 7.11. The summed E-state index contributed by atoms with van der Waals surface area (Å²) >= 11 is 0. The Balaban J connectivity index is 2.44. The highest BCUT2D eigenvalue weighted by molar-refractivity contribution is 5.79. The Morgan fingerprint density at radius 1 is 1.47 bits per heavy atom. The minimum atomic E-state index is 0.159.